The molecule has 1 saturated heterocycles. The Morgan fingerprint density at radius 3 is 2.79 bits per heavy atom. The molecular formula is C10H13N5O4. The van der Waals surface area contributed by atoms with Gasteiger partial charge in [0.15, 0.2) is 11.5 Å². The summed E-state index contributed by atoms with van der Waals surface area (Å²) in [6.45, 7) is -0.397. The minimum absolute atomic E-state index is 0.248. The predicted molar refractivity (Wildman–Crippen MR) is 61.9 cm³/mol. The second-order valence-corrected chi connectivity index (χ2v) is 4.38. The highest BCUT2D eigenvalue weighted by atomic mass is 16.6. The molecule has 102 valence electrons. The number of anilines is 1. The maximum Gasteiger partial charge on any atom is 0.186 e. The van der Waals surface area contributed by atoms with Crippen LogP contribution in [0, 0.1) is 0 Å². The molecular weight excluding hydrogens is 254 g/mol. The summed E-state index contributed by atoms with van der Waals surface area (Å²) in [5.41, 5.74) is 6.43. The van der Waals surface area contributed by atoms with Crippen LogP contribution < -0.4 is 5.73 Å². The molecule has 9 heteroatoms. The van der Waals surface area contributed by atoms with Gasteiger partial charge in [0.05, 0.1) is 18.5 Å². The molecule has 0 amide bonds. The largest absolute Gasteiger partial charge is 0.397 e. The lowest BCUT2D eigenvalue weighted by atomic mass is 10.1. The quantitative estimate of drug-likeness (QED) is 0.483. The van der Waals surface area contributed by atoms with Gasteiger partial charge in [0.2, 0.25) is 0 Å². The van der Waals surface area contributed by atoms with E-state index in [4.69, 9.17) is 15.6 Å². The van der Waals surface area contributed by atoms with Crippen LogP contribution in [0.4, 0.5) is 5.69 Å². The van der Waals surface area contributed by atoms with Gasteiger partial charge in [-0.2, -0.15) is 9.61 Å². The van der Waals surface area contributed by atoms with Crippen molar-refractivity contribution in [3.63, 3.8) is 0 Å². The highest BCUT2D eigenvalue weighted by Crippen LogP contribution is 2.32. The molecule has 0 aliphatic carbocycles. The van der Waals surface area contributed by atoms with Crippen molar-refractivity contribution in [1.82, 2.24) is 19.8 Å². The number of hydrogen-bond acceptors (Lipinski definition) is 8. The average Bonchev–Trinajstić information content (AvgIpc) is 2.92. The van der Waals surface area contributed by atoms with Gasteiger partial charge >= 0.3 is 0 Å². The van der Waals surface area contributed by atoms with Crippen molar-refractivity contribution < 1.29 is 20.1 Å². The fraction of sp³-hybridized carbons (Fsp3) is 0.500. The molecule has 2 aromatic rings. The number of rotatable bonds is 2. The molecule has 1 aliphatic heterocycles. The summed E-state index contributed by atoms with van der Waals surface area (Å²) in [4.78, 5) is 0. The summed E-state index contributed by atoms with van der Waals surface area (Å²) < 4.78 is 6.75. The number of aliphatic hydroxyl groups is 3. The molecule has 9 nitrogen and oxygen atoms in total. The van der Waals surface area contributed by atoms with Gasteiger partial charge in [-0.25, -0.2) is 0 Å². The Bertz CT molecular complexity index is 603. The molecule has 1 fully saturated rings. The third-order valence-electron chi connectivity index (χ3n) is 3.10. The number of fused-ring (bicyclic) bond motifs is 1. The van der Waals surface area contributed by atoms with Gasteiger partial charge in [-0.15, -0.1) is 10.2 Å². The van der Waals surface area contributed by atoms with Gasteiger partial charge in [-0.3, -0.25) is 0 Å². The zero-order chi connectivity index (χ0) is 13.6. The van der Waals surface area contributed by atoms with Crippen LogP contribution in [0.3, 0.4) is 0 Å². The summed E-state index contributed by atoms with van der Waals surface area (Å²) in [5, 5.41) is 40.5. The lowest BCUT2D eigenvalue weighted by Crippen LogP contribution is -2.32. The van der Waals surface area contributed by atoms with Crippen LogP contribution in [0.25, 0.3) is 5.65 Å². The van der Waals surface area contributed by atoms with Gasteiger partial charge in [0.25, 0.3) is 0 Å². The van der Waals surface area contributed by atoms with Gasteiger partial charge in [-0.05, 0) is 0 Å². The van der Waals surface area contributed by atoms with E-state index in [0.29, 0.717) is 11.3 Å². The Morgan fingerprint density at radius 2 is 2.11 bits per heavy atom. The Kier molecular flexibility index (Phi) is 2.82. The van der Waals surface area contributed by atoms with Crippen molar-refractivity contribution in [1.29, 1.82) is 0 Å². The highest BCUT2D eigenvalue weighted by Gasteiger charge is 2.45. The van der Waals surface area contributed by atoms with E-state index in [1.165, 1.54) is 10.7 Å². The number of nitrogens with zero attached hydrogens (tertiary/aromatic N) is 4. The van der Waals surface area contributed by atoms with E-state index in [2.05, 4.69) is 15.3 Å². The van der Waals surface area contributed by atoms with Crippen molar-refractivity contribution >= 4 is 11.3 Å². The molecule has 3 heterocycles. The van der Waals surface area contributed by atoms with Crippen molar-refractivity contribution in [2.75, 3.05) is 12.3 Å². The Morgan fingerprint density at radius 1 is 1.32 bits per heavy atom. The Hall–Kier alpha value is -1.81. The van der Waals surface area contributed by atoms with Crippen LogP contribution in [0.5, 0.6) is 0 Å². The normalized spacial score (nSPS) is 31.1. The van der Waals surface area contributed by atoms with Gasteiger partial charge in [0, 0.05) is 6.07 Å². The van der Waals surface area contributed by atoms with Crippen molar-refractivity contribution in [2.24, 2.45) is 0 Å². The topological polar surface area (TPSA) is 139 Å². The summed E-state index contributed by atoms with van der Waals surface area (Å²) in [6.07, 6.45) is -2.74. The lowest BCUT2D eigenvalue weighted by Gasteiger charge is -2.12. The van der Waals surface area contributed by atoms with E-state index in [9.17, 15) is 10.2 Å². The molecule has 0 unspecified atom stereocenters. The smallest absolute Gasteiger partial charge is 0.186 e. The summed E-state index contributed by atoms with van der Waals surface area (Å²) in [5.74, 6) is 0.248. The first-order chi connectivity index (χ1) is 9.11. The number of ether oxygens (including phenoxy) is 1. The fourth-order valence-electron chi connectivity index (χ4n) is 2.11. The average molecular weight is 267 g/mol. The van der Waals surface area contributed by atoms with Crippen molar-refractivity contribution in [2.45, 2.75) is 24.4 Å². The summed E-state index contributed by atoms with van der Waals surface area (Å²) in [7, 11) is 0. The summed E-state index contributed by atoms with van der Waals surface area (Å²) >= 11 is 0. The van der Waals surface area contributed by atoms with Crippen LogP contribution in [0.15, 0.2) is 12.3 Å². The maximum atomic E-state index is 9.93. The van der Waals surface area contributed by atoms with Crippen LogP contribution in [0.2, 0.25) is 0 Å². The van der Waals surface area contributed by atoms with Gasteiger partial charge in [0.1, 0.15) is 24.4 Å². The zero-order valence-electron chi connectivity index (χ0n) is 9.79. The first-order valence-corrected chi connectivity index (χ1v) is 5.71. The van der Waals surface area contributed by atoms with E-state index in [1.807, 2.05) is 0 Å². The van der Waals surface area contributed by atoms with E-state index >= 15 is 0 Å². The third kappa shape index (κ3) is 1.83. The molecule has 0 radical (unpaired) electrons. The molecule has 19 heavy (non-hydrogen) atoms. The maximum absolute atomic E-state index is 9.93. The summed E-state index contributed by atoms with van der Waals surface area (Å²) in [6, 6.07) is 1.57. The molecule has 0 saturated carbocycles. The monoisotopic (exact) mass is 267 g/mol. The molecule has 0 bridgehead atoms. The SMILES string of the molecule is Nc1cnn2c([C@@H]3O[C@H](CO)[C@@H](O)[C@H]3O)nnc2c1. The molecule has 0 aromatic carbocycles. The molecule has 1 aliphatic rings. The number of aliphatic hydroxyl groups excluding tert-OH is 3. The standard InChI is InChI=1S/C10H13N5O4/c11-4-1-6-13-14-10(15(6)12-2-4)9-8(18)7(17)5(3-16)19-9/h1-2,5,7-9,16-18H,3,11H2/t5-,7-,8-,9-/m1/s1. The molecule has 2 aromatic heterocycles. The van der Waals surface area contributed by atoms with E-state index in [-0.39, 0.29) is 5.82 Å². The van der Waals surface area contributed by atoms with E-state index in [1.54, 1.807) is 6.07 Å². The number of nitrogen functional groups attached to an aromatic ring is 1. The number of hydrogen-bond donors (Lipinski definition) is 4. The second-order valence-electron chi connectivity index (χ2n) is 4.38. The fourth-order valence-corrected chi connectivity index (χ4v) is 2.11. The number of aromatic nitrogens is 4. The van der Waals surface area contributed by atoms with Crippen LogP contribution in [0.1, 0.15) is 11.9 Å². The van der Waals surface area contributed by atoms with E-state index in [0.717, 1.165) is 0 Å². The van der Waals surface area contributed by atoms with Gasteiger partial charge < -0.3 is 25.8 Å². The second kappa shape index (κ2) is 4.38. The Labute approximate surface area is 107 Å². The van der Waals surface area contributed by atoms with E-state index < -0.39 is 31.0 Å². The highest BCUT2D eigenvalue weighted by molar-refractivity contribution is 5.48. The lowest BCUT2D eigenvalue weighted by molar-refractivity contribution is -0.0258. The minimum Gasteiger partial charge on any atom is -0.397 e. The predicted octanol–water partition coefficient (Wildman–Crippen LogP) is -2.14. The third-order valence-corrected chi connectivity index (χ3v) is 3.10. The van der Waals surface area contributed by atoms with Crippen LogP contribution in [-0.4, -0.2) is 60.0 Å². The first kappa shape index (κ1) is 12.2. The van der Waals surface area contributed by atoms with Crippen LogP contribution >= 0.6 is 0 Å². The minimum atomic E-state index is -1.20. The molecule has 4 atom stereocenters. The number of nitrogens with two attached hydrogens (primary N) is 1. The van der Waals surface area contributed by atoms with Crippen molar-refractivity contribution in [3.8, 4) is 0 Å². The molecule has 3 rings (SSSR count). The molecule has 0 spiro atoms. The zero-order valence-corrected chi connectivity index (χ0v) is 9.79. The van der Waals surface area contributed by atoms with Gasteiger partial charge in [-0.1, -0.05) is 0 Å². The first-order valence-electron chi connectivity index (χ1n) is 5.71. The van der Waals surface area contributed by atoms with Crippen molar-refractivity contribution in [3.05, 3.63) is 18.1 Å². The molecule has 5 N–H and O–H groups in total. The Balaban J connectivity index is 2.01. The van der Waals surface area contributed by atoms with Crippen LogP contribution in [-0.2, 0) is 4.74 Å².